The summed E-state index contributed by atoms with van der Waals surface area (Å²) >= 11 is 6.08. The van der Waals surface area contributed by atoms with E-state index in [1.54, 1.807) is 10.9 Å². The lowest BCUT2D eigenvalue weighted by Crippen LogP contribution is -2.26. The van der Waals surface area contributed by atoms with E-state index in [-0.39, 0.29) is 50.7 Å². The van der Waals surface area contributed by atoms with Gasteiger partial charge < -0.3 is 16.2 Å². The van der Waals surface area contributed by atoms with Crippen LogP contribution in [-0.4, -0.2) is 36.3 Å². The number of halogens is 3. The third kappa shape index (κ3) is 5.43. The lowest BCUT2D eigenvalue weighted by Gasteiger charge is -2.27. The third-order valence-electron chi connectivity index (χ3n) is 7.47. The molecule has 218 valence electrons. The Morgan fingerprint density at radius 1 is 1.12 bits per heavy atom. The summed E-state index contributed by atoms with van der Waals surface area (Å²) in [4.78, 5) is 4.05. The van der Waals surface area contributed by atoms with E-state index in [1.165, 1.54) is 25.3 Å². The molecule has 2 aromatic carbocycles. The van der Waals surface area contributed by atoms with Crippen molar-refractivity contribution in [1.82, 2.24) is 14.8 Å². The molecule has 9 nitrogen and oxygen atoms in total. The number of rotatable bonds is 7. The van der Waals surface area contributed by atoms with Gasteiger partial charge in [-0.1, -0.05) is 11.6 Å². The molecule has 0 radical (unpaired) electrons. The number of methoxy groups -OCH3 is 1. The van der Waals surface area contributed by atoms with Crippen LogP contribution in [0, 0.1) is 11.6 Å². The molecule has 0 amide bonds. The van der Waals surface area contributed by atoms with E-state index < -0.39 is 27.3 Å². The molecule has 1 aliphatic rings. The maximum Gasteiger partial charge on any atom is 0.263 e. The van der Waals surface area contributed by atoms with Gasteiger partial charge in [-0.05, 0) is 69.2 Å². The maximum absolute atomic E-state index is 15.7. The number of nitrogen functional groups attached to an aromatic ring is 1. The molecule has 0 spiro atoms. The lowest BCUT2D eigenvalue weighted by atomic mass is 9.82. The highest BCUT2D eigenvalue weighted by molar-refractivity contribution is 7.92. The third-order valence-corrected chi connectivity index (χ3v) is 9.31. The van der Waals surface area contributed by atoms with Crippen LogP contribution in [0.15, 0.2) is 41.4 Å². The number of nitrogens with zero attached hydrogens (tertiary/aromatic N) is 3. The molecule has 2 heterocycles. The Balaban J connectivity index is 1.60. The molecule has 41 heavy (non-hydrogen) atoms. The van der Waals surface area contributed by atoms with Gasteiger partial charge in [-0.3, -0.25) is 9.40 Å². The Morgan fingerprint density at radius 2 is 1.83 bits per heavy atom. The summed E-state index contributed by atoms with van der Waals surface area (Å²) in [5.74, 6) is -1.37. The van der Waals surface area contributed by atoms with Crippen LogP contribution in [-0.2, 0) is 10.0 Å². The molecular weight excluding hydrogens is 574 g/mol. The van der Waals surface area contributed by atoms with Gasteiger partial charge in [-0.2, -0.15) is 5.10 Å². The number of hydrogen-bond donors (Lipinski definition) is 3. The van der Waals surface area contributed by atoms with Crippen molar-refractivity contribution in [2.24, 2.45) is 5.73 Å². The van der Waals surface area contributed by atoms with E-state index in [2.05, 4.69) is 14.8 Å². The normalized spacial score (nSPS) is 17.8. The molecule has 4 aromatic rings. The molecular formula is C28H31ClF2N6O3S. The molecule has 2 aromatic heterocycles. The first kappa shape index (κ1) is 29.0. The highest BCUT2D eigenvalue weighted by Crippen LogP contribution is 2.42. The molecule has 1 aliphatic carbocycles. The fourth-order valence-corrected chi connectivity index (χ4v) is 6.91. The lowest BCUT2D eigenvalue weighted by molar-refractivity contribution is 0.395. The van der Waals surface area contributed by atoms with Crippen LogP contribution in [0.4, 0.5) is 20.3 Å². The number of anilines is 2. The van der Waals surface area contributed by atoms with E-state index in [0.717, 1.165) is 48.9 Å². The van der Waals surface area contributed by atoms with E-state index in [1.807, 2.05) is 13.8 Å². The highest BCUT2D eigenvalue weighted by Gasteiger charge is 2.29. The molecule has 5 N–H and O–H groups in total. The van der Waals surface area contributed by atoms with Gasteiger partial charge in [0.1, 0.15) is 33.8 Å². The van der Waals surface area contributed by atoms with Crippen molar-refractivity contribution in [3.05, 3.63) is 58.7 Å². The van der Waals surface area contributed by atoms with Crippen molar-refractivity contribution in [2.75, 3.05) is 17.6 Å². The predicted octanol–water partition coefficient (Wildman–Crippen LogP) is 5.99. The summed E-state index contributed by atoms with van der Waals surface area (Å²) < 4.78 is 66.1. The second-order valence-electron chi connectivity index (χ2n) is 10.5. The van der Waals surface area contributed by atoms with Crippen molar-refractivity contribution in [1.29, 1.82) is 0 Å². The second kappa shape index (κ2) is 11.1. The van der Waals surface area contributed by atoms with Crippen LogP contribution in [0.2, 0.25) is 5.02 Å². The van der Waals surface area contributed by atoms with Gasteiger partial charge in [-0.15, -0.1) is 0 Å². The molecule has 13 heteroatoms. The van der Waals surface area contributed by atoms with Crippen molar-refractivity contribution < 1.29 is 21.9 Å². The number of benzene rings is 2. The highest BCUT2D eigenvalue weighted by atomic mass is 35.5. The standard InChI is InChI=1S/C28H31ClF2N6O3S/c1-14(2)37-27-19(15-4-6-16(32)7-5-15)13-34-28(33)25(27)26(35-37)18-11-22(31)23(12-21(18)30)36-41(38,39)24-10-17(40-3)8-9-20(24)29/h8-16,36H,4-7,32H2,1-3H3,(H2,33,34). The monoisotopic (exact) mass is 604 g/mol. The number of fused-ring (bicyclic) bond motifs is 1. The fourth-order valence-electron chi connectivity index (χ4n) is 5.33. The quantitative estimate of drug-likeness (QED) is 0.236. The average molecular weight is 605 g/mol. The van der Waals surface area contributed by atoms with E-state index in [9.17, 15) is 8.42 Å². The van der Waals surface area contributed by atoms with E-state index >= 15 is 8.78 Å². The zero-order valence-electron chi connectivity index (χ0n) is 22.8. The molecule has 0 unspecified atom stereocenters. The Kier molecular flexibility index (Phi) is 7.84. The van der Waals surface area contributed by atoms with Gasteiger partial charge in [-0.25, -0.2) is 22.2 Å². The number of pyridine rings is 1. The Bertz CT molecular complexity index is 1740. The Morgan fingerprint density at radius 3 is 2.49 bits per heavy atom. The minimum Gasteiger partial charge on any atom is -0.497 e. The summed E-state index contributed by atoms with van der Waals surface area (Å²) in [5, 5.41) is 4.98. The van der Waals surface area contributed by atoms with Crippen LogP contribution < -0.4 is 20.9 Å². The maximum atomic E-state index is 15.7. The largest absolute Gasteiger partial charge is 0.497 e. The minimum atomic E-state index is -4.39. The van der Waals surface area contributed by atoms with Crippen LogP contribution in [0.25, 0.3) is 22.2 Å². The van der Waals surface area contributed by atoms with E-state index in [0.29, 0.717) is 5.39 Å². The van der Waals surface area contributed by atoms with Gasteiger partial charge in [0, 0.05) is 36.0 Å². The van der Waals surface area contributed by atoms with Crippen LogP contribution in [0.5, 0.6) is 5.75 Å². The first-order valence-electron chi connectivity index (χ1n) is 13.2. The molecule has 0 aliphatic heterocycles. The number of ether oxygens (including phenoxy) is 1. The molecule has 0 atom stereocenters. The smallest absolute Gasteiger partial charge is 0.263 e. The summed E-state index contributed by atoms with van der Waals surface area (Å²) in [5.41, 5.74) is 13.4. The number of nitrogens with one attached hydrogen (secondary N) is 1. The second-order valence-corrected chi connectivity index (χ2v) is 12.6. The van der Waals surface area contributed by atoms with Gasteiger partial charge in [0.2, 0.25) is 0 Å². The number of aromatic nitrogens is 3. The summed E-state index contributed by atoms with van der Waals surface area (Å²) in [6.07, 6.45) is 5.22. The first-order chi connectivity index (χ1) is 19.4. The van der Waals surface area contributed by atoms with Gasteiger partial charge in [0.15, 0.2) is 0 Å². The first-order valence-corrected chi connectivity index (χ1v) is 15.0. The molecule has 0 bridgehead atoms. The number of sulfonamides is 1. The SMILES string of the molecule is COc1ccc(Cl)c(S(=O)(=O)Nc2cc(F)c(-c3nn(C(C)C)c4c(C5CCC(N)CC5)cnc(N)c34)cc2F)c1. The van der Waals surface area contributed by atoms with Crippen molar-refractivity contribution in [3.63, 3.8) is 0 Å². The van der Waals surface area contributed by atoms with Crippen LogP contribution >= 0.6 is 11.6 Å². The van der Waals surface area contributed by atoms with Crippen molar-refractivity contribution in [3.8, 4) is 17.0 Å². The zero-order chi connectivity index (χ0) is 29.6. The van der Waals surface area contributed by atoms with Crippen molar-refractivity contribution >= 4 is 44.0 Å². The van der Waals surface area contributed by atoms with E-state index in [4.69, 9.17) is 27.8 Å². The summed E-state index contributed by atoms with van der Waals surface area (Å²) in [6.45, 7) is 3.87. The predicted molar refractivity (Wildman–Crippen MR) is 156 cm³/mol. The topological polar surface area (TPSA) is 138 Å². The Hall–Kier alpha value is -3.48. The summed E-state index contributed by atoms with van der Waals surface area (Å²) in [7, 11) is -3.03. The minimum absolute atomic E-state index is 0.111. The molecule has 5 rings (SSSR count). The zero-order valence-corrected chi connectivity index (χ0v) is 24.4. The Labute approximate surface area is 241 Å². The number of hydrogen-bond acceptors (Lipinski definition) is 7. The average Bonchev–Trinajstić information content (AvgIpc) is 3.33. The van der Waals surface area contributed by atoms with Gasteiger partial charge in [0.05, 0.1) is 28.7 Å². The fraction of sp³-hybridized carbons (Fsp3) is 0.357. The number of nitrogens with two attached hydrogens (primary N) is 2. The molecule has 0 saturated heterocycles. The van der Waals surface area contributed by atoms with Gasteiger partial charge in [0.25, 0.3) is 10.0 Å². The van der Waals surface area contributed by atoms with Crippen LogP contribution in [0.3, 0.4) is 0 Å². The molecule has 1 saturated carbocycles. The van der Waals surface area contributed by atoms with Gasteiger partial charge >= 0.3 is 0 Å². The summed E-state index contributed by atoms with van der Waals surface area (Å²) in [6, 6.07) is 5.70. The molecule has 1 fully saturated rings. The van der Waals surface area contributed by atoms with Crippen molar-refractivity contribution in [2.45, 2.75) is 62.4 Å². The van der Waals surface area contributed by atoms with Crippen LogP contribution in [0.1, 0.15) is 57.1 Å².